The van der Waals surface area contributed by atoms with Crippen LogP contribution < -0.4 is 4.74 Å². The van der Waals surface area contributed by atoms with Crippen LogP contribution >= 0.6 is 0 Å². The van der Waals surface area contributed by atoms with Crippen LogP contribution in [0.3, 0.4) is 0 Å². The maximum absolute atomic E-state index is 14.0. The van der Waals surface area contributed by atoms with Crippen LogP contribution in [0.4, 0.5) is 4.39 Å². The fourth-order valence-corrected chi connectivity index (χ4v) is 1.58. The van der Waals surface area contributed by atoms with E-state index in [2.05, 4.69) is 9.97 Å². The smallest absolute Gasteiger partial charge is 0.316 e. The zero-order chi connectivity index (χ0) is 13.0. The van der Waals surface area contributed by atoms with E-state index >= 15 is 0 Å². The molecule has 1 aromatic carbocycles. The predicted molar refractivity (Wildman–Crippen MR) is 64.5 cm³/mol. The van der Waals surface area contributed by atoms with Gasteiger partial charge in [-0.1, -0.05) is 18.2 Å². The van der Waals surface area contributed by atoms with Crippen molar-refractivity contribution in [2.45, 2.75) is 13.5 Å². The van der Waals surface area contributed by atoms with Crippen LogP contribution in [0.2, 0.25) is 0 Å². The highest BCUT2D eigenvalue weighted by Gasteiger charge is 2.10. The maximum atomic E-state index is 14.0. The molecule has 0 aliphatic heterocycles. The van der Waals surface area contributed by atoms with Gasteiger partial charge in [-0.05, 0) is 6.92 Å². The minimum atomic E-state index is -0.451. The molecule has 0 aliphatic carbocycles. The standard InChI is InChI=1S/C13H13FN2O2/c1-2-18-13-15-6-10(7-16-13)11-5-3-4-9(8-17)12(11)14/h3-7,17H,2,8H2,1H3. The molecule has 1 heterocycles. The number of hydrogen-bond acceptors (Lipinski definition) is 4. The van der Waals surface area contributed by atoms with E-state index in [9.17, 15) is 4.39 Å². The first-order valence-electron chi connectivity index (χ1n) is 5.59. The molecule has 0 radical (unpaired) electrons. The fraction of sp³-hybridized carbons (Fsp3) is 0.231. The molecule has 0 amide bonds. The van der Waals surface area contributed by atoms with Crippen LogP contribution in [0.15, 0.2) is 30.6 Å². The molecular weight excluding hydrogens is 235 g/mol. The number of ether oxygens (including phenoxy) is 1. The Kier molecular flexibility index (Phi) is 3.84. The van der Waals surface area contributed by atoms with Gasteiger partial charge in [0.05, 0.1) is 13.2 Å². The van der Waals surface area contributed by atoms with E-state index < -0.39 is 5.82 Å². The van der Waals surface area contributed by atoms with Gasteiger partial charge in [-0.2, -0.15) is 0 Å². The summed E-state index contributed by atoms with van der Waals surface area (Å²) in [6, 6.07) is 5.10. The average Bonchev–Trinajstić information content (AvgIpc) is 2.41. The van der Waals surface area contributed by atoms with E-state index in [-0.39, 0.29) is 18.2 Å². The van der Waals surface area contributed by atoms with Crippen LogP contribution in [-0.4, -0.2) is 21.7 Å². The van der Waals surface area contributed by atoms with Gasteiger partial charge in [0.15, 0.2) is 0 Å². The van der Waals surface area contributed by atoms with Crippen molar-refractivity contribution in [2.75, 3.05) is 6.61 Å². The minimum absolute atomic E-state index is 0.251. The first kappa shape index (κ1) is 12.4. The van der Waals surface area contributed by atoms with E-state index in [0.29, 0.717) is 17.7 Å². The molecule has 94 valence electrons. The molecule has 0 bridgehead atoms. The zero-order valence-corrected chi connectivity index (χ0v) is 9.93. The summed E-state index contributed by atoms with van der Waals surface area (Å²) in [6.07, 6.45) is 3.00. The van der Waals surface area contributed by atoms with E-state index in [1.165, 1.54) is 18.5 Å². The number of aliphatic hydroxyl groups excluding tert-OH is 1. The quantitative estimate of drug-likeness (QED) is 0.901. The second kappa shape index (κ2) is 5.55. The van der Waals surface area contributed by atoms with Crippen LogP contribution in [0.5, 0.6) is 6.01 Å². The second-order valence-electron chi connectivity index (χ2n) is 3.62. The van der Waals surface area contributed by atoms with Gasteiger partial charge in [-0.15, -0.1) is 0 Å². The van der Waals surface area contributed by atoms with Gasteiger partial charge in [-0.25, -0.2) is 14.4 Å². The number of hydrogen-bond donors (Lipinski definition) is 1. The van der Waals surface area contributed by atoms with Gasteiger partial charge in [-0.3, -0.25) is 0 Å². The third-order valence-electron chi connectivity index (χ3n) is 2.46. The van der Waals surface area contributed by atoms with Crippen molar-refractivity contribution in [3.8, 4) is 17.1 Å². The van der Waals surface area contributed by atoms with E-state index in [0.717, 1.165) is 0 Å². The molecule has 0 aliphatic rings. The van der Waals surface area contributed by atoms with Gasteiger partial charge >= 0.3 is 6.01 Å². The van der Waals surface area contributed by atoms with Gasteiger partial charge in [0, 0.05) is 29.1 Å². The molecule has 0 unspecified atom stereocenters. The normalized spacial score (nSPS) is 10.4. The molecule has 5 heteroatoms. The molecule has 1 N–H and O–H groups in total. The molecule has 0 fully saturated rings. The lowest BCUT2D eigenvalue weighted by Gasteiger charge is -2.07. The molecule has 0 atom stereocenters. The molecule has 2 rings (SSSR count). The van der Waals surface area contributed by atoms with E-state index in [1.54, 1.807) is 12.1 Å². The topological polar surface area (TPSA) is 55.2 Å². The zero-order valence-electron chi connectivity index (χ0n) is 9.93. The summed E-state index contributed by atoms with van der Waals surface area (Å²) in [6.45, 7) is 1.98. The highest BCUT2D eigenvalue weighted by molar-refractivity contribution is 5.63. The van der Waals surface area contributed by atoms with Crippen LogP contribution in [0, 0.1) is 5.82 Å². The molecule has 4 nitrogen and oxygen atoms in total. The summed E-state index contributed by atoms with van der Waals surface area (Å²) in [5.41, 5.74) is 1.16. The average molecular weight is 248 g/mol. The third kappa shape index (κ3) is 2.46. The van der Waals surface area contributed by atoms with Crippen molar-refractivity contribution in [2.24, 2.45) is 0 Å². The van der Waals surface area contributed by atoms with Crippen LogP contribution in [-0.2, 0) is 6.61 Å². The Morgan fingerprint density at radius 2 is 2.00 bits per heavy atom. The Balaban J connectivity index is 2.36. The summed E-state index contributed by atoms with van der Waals surface area (Å²) in [5.74, 6) is -0.451. The molecule has 2 aromatic rings. The second-order valence-corrected chi connectivity index (χ2v) is 3.62. The number of rotatable bonds is 4. The molecule has 1 aromatic heterocycles. The van der Waals surface area contributed by atoms with Gasteiger partial charge in [0.1, 0.15) is 5.82 Å². The van der Waals surface area contributed by atoms with Crippen molar-refractivity contribution in [1.29, 1.82) is 0 Å². The first-order valence-corrected chi connectivity index (χ1v) is 5.59. The van der Waals surface area contributed by atoms with Gasteiger partial charge in [0.25, 0.3) is 0 Å². The number of aliphatic hydroxyl groups is 1. The molecule has 18 heavy (non-hydrogen) atoms. The summed E-state index contributed by atoms with van der Waals surface area (Å²) >= 11 is 0. The highest BCUT2D eigenvalue weighted by atomic mass is 19.1. The predicted octanol–water partition coefficient (Wildman–Crippen LogP) is 2.17. The summed E-state index contributed by atoms with van der Waals surface area (Å²) < 4.78 is 19.1. The lowest BCUT2D eigenvalue weighted by molar-refractivity contribution is 0.276. The number of benzene rings is 1. The Morgan fingerprint density at radius 3 is 2.61 bits per heavy atom. The van der Waals surface area contributed by atoms with Crippen molar-refractivity contribution in [1.82, 2.24) is 9.97 Å². The summed E-state index contributed by atoms with van der Waals surface area (Å²) in [4.78, 5) is 7.96. The lowest BCUT2D eigenvalue weighted by atomic mass is 10.1. The largest absolute Gasteiger partial charge is 0.464 e. The van der Waals surface area contributed by atoms with Crippen molar-refractivity contribution in [3.63, 3.8) is 0 Å². The van der Waals surface area contributed by atoms with E-state index in [4.69, 9.17) is 9.84 Å². The minimum Gasteiger partial charge on any atom is -0.464 e. The van der Waals surface area contributed by atoms with Crippen molar-refractivity contribution < 1.29 is 14.2 Å². The molecule has 0 spiro atoms. The fourth-order valence-electron chi connectivity index (χ4n) is 1.58. The Morgan fingerprint density at radius 1 is 1.28 bits per heavy atom. The number of halogens is 1. The van der Waals surface area contributed by atoms with Gasteiger partial charge in [0.2, 0.25) is 0 Å². The summed E-state index contributed by atoms with van der Waals surface area (Å²) in [5, 5.41) is 9.01. The van der Waals surface area contributed by atoms with Gasteiger partial charge < -0.3 is 9.84 Å². The van der Waals surface area contributed by atoms with Crippen molar-refractivity contribution >= 4 is 0 Å². The maximum Gasteiger partial charge on any atom is 0.316 e. The first-order chi connectivity index (χ1) is 8.76. The Bertz CT molecular complexity index is 529. The molecule has 0 saturated carbocycles. The monoisotopic (exact) mass is 248 g/mol. The van der Waals surface area contributed by atoms with E-state index in [1.807, 2.05) is 6.92 Å². The Hall–Kier alpha value is -2.01. The summed E-state index contributed by atoms with van der Waals surface area (Å²) in [7, 11) is 0. The van der Waals surface area contributed by atoms with Crippen LogP contribution in [0.25, 0.3) is 11.1 Å². The van der Waals surface area contributed by atoms with Crippen LogP contribution in [0.1, 0.15) is 12.5 Å². The lowest BCUT2D eigenvalue weighted by Crippen LogP contribution is -1.98. The van der Waals surface area contributed by atoms with Crippen molar-refractivity contribution in [3.05, 3.63) is 42.0 Å². The number of nitrogens with zero attached hydrogens (tertiary/aromatic N) is 2. The Labute approximate surface area is 104 Å². The highest BCUT2D eigenvalue weighted by Crippen LogP contribution is 2.24. The molecule has 0 saturated heterocycles. The third-order valence-corrected chi connectivity index (χ3v) is 2.46. The SMILES string of the molecule is CCOc1ncc(-c2cccc(CO)c2F)cn1. The molecular formula is C13H13FN2O2. The number of aromatic nitrogens is 2.